The molecule has 0 N–H and O–H groups in total. The molecule has 0 rings (SSSR count). The van der Waals surface area contributed by atoms with E-state index in [-0.39, 0.29) is 5.12 Å². The second-order valence-corrected chi connectivity index (χ2v) is 4.87. The molecule has 0 aromatic rings. The molecule has 0 saturated carbocycles. The van der Waals surface area contributed by atoms with E-state index in [9.17, 15) is 4.79 Å². The van der Waals surface area contributed by atoms with Crippen molar-refractivity contribution in [3.63, 3.8) is 0 Å². The summed E-state index contributed by atoms with van der Waals surface area (Å²) in [6.07, 6.45) is 6.60. The Morgan fingerprint density at radius 3 is 2.29 bits per heavy atom. The van der Waals surface area contributed by atoms with Crippen LogP contribution in [-0.2, 0) is 4.79 Å². The van der Waals surface area contributed by atoms with Crippen LogP contribution in [0.3, 0.4) is 0 Å². The molecule has 0 amide bonds. The molecular formula is C12H20OS. The van der Waals surface area contributed by atoms with Crippen LogP contribution in [0, 0.1) is 0 Å². The van der Waals surface area contributed by atoms with Crippen molar-refractivity contribution < 1.29 is 4.79 Å². The molecule has 0 atom stereocenters. The molecule has 0 aliphatic heterocycles. The van der Waals surface area contributed by atoms with E-state index in [1.807, 2.05) is 0 Å². The van der Waals surface area contributed by atoms with Crippen molar-refractivity contribution in [1.29, 1.82) is 0 Å². The van der Waals surface area contributed by atoms with Gasteiger partial charge in [-0.05, 0) is 33.6 Å². The van der Waals surface area contributed by atoms with Gasteiger partial charge in [0.05, 0.1) is 0 Å². The van der Waals surface area contributed by atoms with Crippen molar-refractivity contribution in [3.05, 3.63) is 23.3 Å². The fourth-order valence-corrected chi connectivity index (χ4v) is 1.59. The van der Waals surface area contributed by atoms with Gasteiger partial charge in [0.15, 0.2) is 5.12 Å². The number of carbonyl (C=O) groups is 1. The van der Waals surface area contributed by atoms with Gasteiger partial charge in [0.2, 0.25) is 0 Å². The van der Waals surface area contributed by atoms with E-state index >= 15 is 0 Å². The third kappa shape index (κ3) is 9.59. The minimum Gasteiger partial charge on any atom is -0.288 e. The highest BCUT2D eigenvalue weighted by molar-refractivity contribution is 8.13. The van der Waals surface area contributed by atoms with Crippen molar-refractivity contribution in [2.45, 2.75) is 40.5 Å². The second kappa shape index (κ2) is 7.86. The Morgan fingerprint density at radius 1 is 1.14 bits per heavy atom. The Labute approximate surface area is 91.7 Å². The summed E-state index contributed by atoms with van der Waals surface area (Å²) >= 11 is 1.37. The zero-order valence-electron chi connectivity index (χ0n) is 9.59. The highest BCUT2D eigenvalue weighted by Crippen LogP contribution is 2.09. The molecule has 1 nitrogen and oxygen atoms in total. The molecule has 0 heterocycles. The molecule has 14 heavy (non-hydrogen) atoms. The van der Waals surface area contributed by atoms with Gasteiger partial charge >= 0.3 is 0 Å². The summed E-state index contributed by atoms with van der Waals surface area (Å²) < 4.78 is 0. The zero-order chi connectivity index (χ0) is 11.0. The van der Waals surface area contributed by atoms with Gasteiger partial charge in [-0.15, -0.1) is 0 Å². The molecule has 0 aliphatic rings. The van der Waals surface area contributed by atoms with Gasteiger partial charge in [0.1, 0.15) is 0 Å². The lowest BCUT2D eigenvalue weighted by Gasteiger charge is -1.98. The molecule has 0 aromatic carbocycles. The van der Waals surface area contributed by atoms with E-state index in [1.165, 1.54) is 22.9 Å². The van der Waals surface area contributed by atoms with Crippen LogP contribution in [0.15, 0.2) is 23.3 Å². The Kier molecular flexibility index (Phi) is 7.58. The van der Waals surface area contributed by atoms with Crippen LogP contribution in [0.4, 0.5) is 0 Å². The molecule has 0 aliphatic carbocycles. The van der Waals surface area contributed by atoms with E-state index in [0.717, 1.165) is 18.6 Å². The normalized spacial score (nSPS) is 11.3. The van der Waals surface area contributed by atoms with E-state index in [2.05, 4.69) is 32.9 Å². The SMILES string of the molecule is CC(=O)SC/C=C(\C)CCC=C(C)C. The highest BCUT2D eigenvalue weighted by Gasteiger charge is 1.92. The lowest BCUT2D eigenvalue weighted by atomic mass is 10.1. The van der Waals surface area contributed by atoms with E-state index < -0.39 is 0 Å². The van der Waals surface area contributed by atoms with Crippen molar-refractivity contribution in [3.8, 4) is 0 Å². The predicted molar refractivity (Wildman–Crippen MR) is 65.6 cm³/mol. The first-order chi connectivity index (χ1) is 6.52. The average molecular weight is 212 g/mol. The lowest BCUT2D eigenvalue weighted by Crippen LogP contribution is -1.84. The van der Waals surface area contributed by atoms with Crippen LogP contribution in [0.25, 0.3) is 0 Å². The topological polar surface area (TPSA) is 17.1 Å². The van der Waals surface area contributed by atoms with Crippen molar-refractivity contribution in [2.24, 2.45) is 0 Å². The predicted octanol–water partition coefficient (Wildman–Crippen LogP) is 3.96. The van der Waals surface area contributed by atoms with Crippen molar-refractivity contribution >= 4 is 16.9 Å². The molecule has 0 unspecified atom stereocenters. The first-order valence-electron chi connectivity index (χ1n) is 4.94. The maximum absolute atomic E-state index is 10.7. The maximum atomic E-state index is 10.7. The summed E-state index contributed by atoms with van der Waals surface area (Å²) in [5.74, 6) is 0.815. The Bertz CT molecular complexity index is 235. The molecule has 2 heteroatoms. The van der Waals surface area contributed by atoms with Crippen molar-refractivity contribution in [2.75, 3.05) is 5.75 Å². The molecule has 0 spiro atoms. The largest absolute Gasteiger partial charge is 0.288 e. The quantitative estimate of drug-likeness (QED) is 0.642. The van der Waals surface area contributed by atoms with Gasteiger partial charge in [-0.2, -0.15) is 0 Å². The number of hydrogen-bond donors (Lipinski definition) is 0. The van der Waals surface area contributed by atoms with Gasteiger partial charge < -0.3 is 0 Å². The lowest BCUT2D eigenvalue weighted by molar-refractivity contribution is -0.109. The third-order valence-corrected chi connectivity index (χ3v) is 2.55. The molecule has 0 saturated heterocycles. The zero-order valence-corrected chi connectivity index (χ0v) is 10.4. The fourth-order valence-electron chi connectivity index (χ4n) is 0.992. The summed E-state index contributed by atoms with van der Waals surface area (Å²) in [5.41, 5.74) is 2.74. The van der Waals surface area contributed by atoms with Crippen LogP contribution in [0.1, 0.15) is 40.5 Å². The first kappa shape index (κ1) is 13.5. The van der Waals surface area contributed by atoms with Gasteiger partial charge in [0, 0.05) is 12.7 Å². The van der Waals surface area contributed by atoms with Crippen molar-refractivity contribution in [1.82, 2.24) is 0 Å². The Balaban J connectivity index is 3.67. The van der Waals surface area contributed by atoms with E-state index in [4.69, 9.17) is 0 Å². The van der Waals surface area contributed by atoms with E-state index in [1.54, 1.807) is 6.92 Å². The fraction of sp³-hybridized carbons (Fsp3) is 0.583. The minimum atomic E-state index is 0.193. The number of allylic oxidation sites excluding steroid dienone is 3. The summed E-state index contributed by atoms with van der Waals surface area (Å²) in [6.45, 7) is 7.96. The molecule has 0 fully saturated rings. The Morgan fingerprint density at radius 2 is 1.79 bits per heavy atom. The standard InChI is InChI=1S/C12H20OS/c1-10(2)6-5-7-11(3)8-9-14-12(4)13/h6,8H,5,7,9H2,1-4H3/b11-8+. The van der Waals surface area contributed by atoms with Crippen LogP contribution < -0.4 is 0 Å². The number of thioether (sulfide) groups is 1. The summed E-state index contributed by atoms with van der Waals surface area (Å²) in [5, 5.41) is 0.193. The van der Waals surface area contributed by atoms with Crippen LogP contribution in [0.5, 0.6) is 0 Å². The van der Waals surface area contributed by atoms with E-state index in [0.29, 0.717) is 0 Å². The summed E-state index contributed by atoms with van der Waals surface area (Å²) in [7, 11) is 0. The molecule has 0 bridgehead atoms. The van der Waals surface area contributed by atoms with Gasteiger partial charge in [-0.1, -0.05) is 35.1 Å². The van der Waals surface area contributed by atoms with Crippen LogP contribution >= 0.6 is 11.8 Å². The van der Waals surface area contributed by atoms with Gasteiger partial charge in [-0.3, -0.25) is 4.79 Å². The Hall–Kier alpha value is -0.500. The summed E-state index contributed by atoms with van der Waals surface area (Å²) in [4.78, 5) is 10.7. The maximum Gasteiger partial charge on any atom is 0.186 e. The molecule has 0 radical (unpaired) electrons. The average Bonchev–Trinajstić information content (AvgIpc) is 2.02. The summed E-state index contributed by atoms with van der Waals surface area (Å²) in [6, 6.07) is 0. The monoisotopic (exact) mass is 212 g/mol. The minimum absolute atomic E-state index is 0.193. The van der Waals surface area contributed by atoms with Crippen LogP contribution in [0.2, 0.25) is 0 Å². The second-order valence-electron chi connectivity index (χ2n) is 3.67. The smallest absolute Gasteiger partial charge is 0.186 e. The molecule has 0 aromatic heterocycles. The molecular weight excluding hydrogens is 192 g/mol. The van der Waals surface area contributed by atoms with Crippen LogP contribution in [-0.4, -0.2) is 10.9 Å². The first-order valence-corrected chi connectivity index (χ1v) is 5.93. The third-order valence-electron chi connectivity index (χ3n) is 1.81. The number of carbonyl (C=O) groups excluding carboxylic acids is 1. The van der Waals surface area contributed by atoms with Gasteiger partial charge in [-0.25, -0.2) is 0 Å². The number of hydrogen-bond acceptors (Lipinski definition) is 2. The highest BCUT2D eigenvalue weighted by atomic mass is 32.2. The van der Waals surface area contributed by atoms with Gasteiger partial charge in [0.25, 0.3) is 0 Å². The molecule has 80 valence electrons. The number of rotatable bonds is 5.